The maximum atomic E-state index is 3.55. The molecule has 0 fully saturated rings. The van der Waals surface area contributed by atoms with Gasteiger partial charge in [0.2, 0.25) is 0 Å². The summed E-state index contributed by atoms with van der Waals surface area (Å²) in [4.78, 5) is 3.50. The molecular formula is C13H15BrN2. The van der Waals surface area contributed by atoms with Crippen molar-refractivity contribution in [2.45, 2.75) is 32.4 Å². The van der Waals surface area contributed by atoms with Crippen LogP contribution in [0.1, 0.15) is 25.1 Å². The van der Waals surface area contributed by atoms with Crippen LogP contribution in [0.2, 0.25) is 0 Å². The van der Waals surface area contributed by atoms with Crippen LogP contribution in [0.3, 0.4) is 0 Å². The molecule has 1 aromatic heterocycles. The maximum absolute atomic E-state index is 3.55. The second kappa shape index (κ2) is 3.34. The van der Waals surface area contributed by atoms with E-state index >= 15 is 0 Å². The SMILES string of the molecule is CC1(C)Cc2c([nH]c3ccc(Br)cc23)CN1. The number of H-pyrrole nitrogens is 1. The Balaban J connectivity index is 2.23. The molecule has 16 heavy (non-hydrogen) atoms. The lowest BCUT2D eigenvalue weighted by Crippen LogP contribution is -2.44. The molecule has 2 N–H and O–H groups in total. The summed E-state index contributed by atoms with van der Waals surface area (Å²) in [6.45, 7) is 5.45. The lowest BCUT2D eigenvalue weighted by Gasteiger charge is -2.31. The van der Waals surface area contributed by atoms with Gasteiger partial charge in [-0.1, -0.05) is 15.9 Å². The molecule has 2 aromatic rings. The number of hydrogen-bond acceptors (Lipinski definition) is 1. The summed E-state index contributed by atoms with van der Waals surface area (Å²) in [7, 11) is 0. The number of nitrogens with one attached hydrogen (secondary N) is 2. The Morgan fingerprint density at radius 1 is 1.31 bits per heavy atom. The van der Waals surface area contributed by atoms with Crippen LogP contribution < -0.4 is 5.32 Å². The van der Waals surface area contributed by atoms with Gasteiger partial charge in [0.1, 0.15) is 0 Å². The molecule has 0 spiro atoms. The van der Waals surface area contributed by atoms with Crippen LogP contribution in [0.5, 0.6) is 0 Å². The zero-order valence-electron chi connectivity index (χ0n) is 9.52. The Kier molecular flexibility index (Phi) is 2.17. The van der Waals surface area contributed by atoms with Gasteiger partial charge in [0.25, 0.3) is 0 Å². The summed E-state index contributed by atoms with van der Waals surface area (Å²) in [6, 6.07) is 6.44. The standard InChI is InChI=1S/C13H15BrN2/c1-13(2)6-10-9-5-8(14)3-4-11(9)16-12(10)7-15-13/h3-5,15-16H,6-7H2,1-2H3. The Morgan fingerprint density at radius 2 is 2.12 bits per heavy atom. The van der Waals surface area contributed by atoms with Crippen molar-refractivity contribution >= 4 is 26.8 Å². The van der Waals surface area contributed by atoms with Gasteiger partial charge in [-0.25, -0.2) is 0 Å². The minimum absolute atomic E-state index is 0.199. The Hall–Kier alpha value is -0.800. The number of aromatic nitrogens is 1. The van der Waals surface area contributed by atoms with Gasteiger partial charge in [-0.3, -0.25) is 0 Å². The summed E-state index contributed by atoms with van der Waals surface area (Å²) in [5.41, 5.74) is 4.25. The predicted molar refractivity (Wildman–Crippen MR) is 70.6 cm³/mol. The summed E-state index contributed by atoms with van der Waals surface area (Å²) >= 11 is 3.54. The van der Waals surface area contributed by atoms with Gasteiger partial charge in [0.05, 0.1) is 0 Å². The average Bonchev–Trinajstić information content (AvgIpc) is 2.55. The zero-order chi connectivity index (χ0) is 11.3. The number of hydrogen-bond donors (Lipinski definition) is 2. The quantitative estimate of drug-likeness (QED) is 0.760. The molecule has 0 saturated carbocycles. The highest BCUT2D eigenvalue weighted by Gasteiger charge is 2.27. The van der Waals surface area contributed by atoms with Crippen LogP contribution in [0.4, 0.5) is 0 Å². The van der Waals surface area contributed by atoms with Crippen molar-refractivity contribution in [2.24, 2.45) is 0 Å². The molecule has 3 heteroatoms. The van der Waals surface area contributed by atoms with E-state index < -0.39 is 0 Å². The first kappa shape index (κ1) is 10.4. The van der Waals surface area contributed by atoms with E-state index in [1.54, 1.807) is 0 Å². The third-order valence-electron chi connectivity index (χ3n) is 3.32. The van der Waals surface area contributed by atoms with E-state index in [4.69, 9.17) is 0 Å². The average molecular weight is 279 g/mol. The highest BCUT2D eigenvalue weighted by molar-refractivity contribution is 9.10. The molecule has 0 saturated heterocycles. The smallest absolute Gasteiger partial charge is 0.0460 e. The Labute approximate surface area is 104 Å². The molecule has 1 aliphatic heterocycles. The Bertz CT molecular complexity index is 554. The highest BCUT2D eigenvalue weighted by Crippen LogP contribution is 2.31. The van der Waals surface area contributed by atoms with Crippen LogP contribution in [-0.2, 0) is 13.0 Å². The molecule has 0 radical (unpaired) electrons. The summed E-state index contributed by atoms with van der Waals surface area (Å²) in [6.07, 6.45) is 1.08. The number of fused-ring (bicyclic) bond motifs is 3. The first-order valence-electron chi connectivity index (χ1n) is 5.59. The van der Waals surface area contributed by atoms with Crippen LogP contribution in [0.25, 0.3) is 10.9 Å². The first-order chi connectivity index (χ1) is 7.55. The van der Waals surface area contributed by atoms with E-state index in [0.717, 1.165) is 17.4 Å². The Morgan fingerprint density at radius 3 is 2.94 bits per heavy atom. The fourth-order valence-corrected chi connectivity index (χ4v) is 2.82. The van der Waals surface area contributed by atoms with E-state index in [2.05, 4.69) is 58.3 Å². The van der Waals surface area contributed by atoms with E-state index in [1.165, 1.54) is 22.2 Å². The number of halogens is 1. The fraction of sp³-hybridized carbons (Fsp3) is 0.385. The molecule has 3 rings (SSSR count). The van der Waals surface area contributed by atoms with Crippen molar-refractivity contribution in [1.29, 1.82) is 0 Å². The molecule has 84 valence electrons. The minimum Gasteiger partial charge on any atom is -0.357 e. The van der Waals surface area contributed by atoms with Crippen molar-refractivity contribution in [1.82, 2.24) is 10.3 Å². The van der Waals surface area contributed by atoms with Crippen LogP contribution in [-0.4, -0.2) is 10.5 Å². The van der Waals surface area contributed by atoms with Gasteiger partial charge < -0.3 is 10.3 Å². The van der Waals surface area contributed by atoms with Crippen LogP contribution >= 0.6 is 15.9 Å². The van der Waals surface area contributed by atoms with Gasteiger partial charge in [-0.15, -0.1) is 0 Å². The molecule has 0 bridgehead atoms. The van der Waals surface area contributed by atoms with Gasteiger partial charge in [-0.05, 0) is 44.0 Å². The molecule has 1 aromatic carbocycles. The third kappa shape index (κ3) is 1.59. The normalized spacial score (nSPS) is 18.7. The predicted octanol–water partition coefficient (Wildman–Crippen LogP) is 3.35. The fourth-order valence-electron chi connectivity index (χ4n) is 2.46. The largest absolute Gasteiger partial charge is 0.357 e. The summed E-state index contributed by atoms with van der Waals surface area (Å²) in [5, 5.41) is 4.91. The molecule has 0 atom stereocenters. The van der Waals surface area contributed by atoms with Gasteiger partial charge in [0, 0.05) is 33.2 Å². The lowest BCUT2D eigenvalue weighted by atomic mass is 9.89. The van der Waals surface area contributed by atoms with Crippen molar-refractivity contribution in [3.63, 3.8) is 0 Å². The van der Waals surface area contributed by atoms with Crippen LogP contribution in [0.15, 0.2) is 22.7 Å². The molecule has 0 amide bonds. The maximum Gasteiger partial charge on any atom is 0.0460 e. The van der Waals surface area contributed by atoms with E-state index in [-0.39, 0.29) is 5.54 Å². The van der Waals surface area contributed by atoms with Crippen LogP contribution in [0, 0.1) is 0 Å². The number of rotatable bonds is 0. The molecule has 1 aliphatic rings. The van der Waals surface area contributed by atoms with E-state index in [0.29, 0.717) is 0 Å². The topological polar surface area (TPSA) is 27.8 Å². The zero-order valence-corrected chi connectivity index (χ0v) is 11.1. The van der Waals surface area contributed by atoms with E-state index in [1.807, 2.05) is 0 Å². The molecular weight excluding hydrogens is 264 g/mol. The molecule has 2 nitrogen and oxygen atoms in total. The van der Waals surface area contributed by atoms with E-state index in [9.17, 15) is 0 Å². The number of benzene rings is 1. The van der Waals surface area contributed by atoms with Crippen molar-refractivity contribution in [3.05, 3.63) is 33.9 Å². The van der Waals surface area contributed by atoms with Gasteiger partial charge in [0.15, 0.2) is 0 Å². The second-order valence-electron chi connectivity index (χ2n) is 5.19. The molecule has 0 aliphatic carbocycles. The molecule has 2 heterocycles. The summed E-state index contributed by atoms with van der Waals surface area (Å²) < 4.78 is 1.15. The van der Waals surface area contributed by atoms with Gasteiger partial charge in [-0.2, -0.15) is 0 Å². The van der Waals surface area contributed by atoms with Crippen molar-refractivity contribution in [3.8, 4) is 0 Å². The summed E-state index contributed by atoms with van der Waals surface area (Å²) in [5.74, 6) is 0. The van der Waals surface area contributed by atoms with Gasteiger partial charge >= 0.3 is 0 Å². The minimum atomic E-state index is 0.199. The lowest BCUT2D eigenvalue weighted by molar-refractivity contribution is 0.361. The third-order valence-corrected chi connectivity index (χ3v) is 3.81. The molecule has 0 unspecified atom stereocenters. The van der Waals surface area contributed by atoms with Crippen molar-refractivity contribution < 1.29 is 0 Å². The number of aromatic amines is 1. The second-order valence-corrected chi connectivity index (χ2v) is 6.10. The first-order valence-corrected chi connectivity index (χ1v) is 6.38. The van der Waals surface area contributed by atoms with Crippen molar-refractivity contribution in [2.75, 3.05) is 0 Å². The highest BCUT2D eigenvalue weighted by atomic mass is 79.9. The monoisotopic (exact) mass is 278 g/mol.